The van der Waals surface area contributed by atoms with Crippen LogP contribution >= 0.6 is 0 Å². The van der Waals surface area contributed by atoms with Gasteiger partial charge in [-0.2, -0.15) is 5.10 Å². The van der Waals surface area contributed by atoms with Crippen molar-refractivity contribution < 1.29 is 19.1 Å². The van der Waals surface area contributed by atoms with E-state index in [2.05, 4.69) is 54.7 Å². The van der Waals surface area contributed by atoms with Crippen molar-refractivity contribution in [3.8, 4) is 11.8 Å². The molecule has 1 saturated heterocycles. The number of benzene rings is 2. The molecule has 4 aromatic rings. The summed E-state index contributed by atoms with van der Waals surface area (Å²) in [5, 5.41) is 21.1. The molecule has 232 valence electrons. The molecule has 2 aromatic heterocycles. The Morgan fingerprint density at radius 2 is 1.78 bits per heavy atom. The van der Waals surface area contributed by atoms with Gasteiger partial charge in [0, 0.05) is 73.1 Å². The fourth-order valence-electron chi connectivity index (χ4n) is 4.71. The number of amides is 3. The van der Waals surface area contributed by atoms with Crippen molar-refractivity contribution in [3.05, 3.63) is 101 Å². The highest BCUT2D eigenvalue weighted by atomic mass is 19.1. The summed E-state index contributed by atoms with van der Waals surface area (Å²) in [4.78, 5) is 34.0. The van der Waals surface area contributed by atoms with Crippen LogP contribution < -0.4 is 16.0 Å². The summed E-state index contributed by atoms with van der Waals surface area (Å²) < 4.78 is 16.4. The zero-order chi connectivity index (χ0) is 31.8. The predicted molar refractivity (Wildman–Crippen MR) is 170 cm³/mol. The average molecular weight is 611 g/mol. The zero-order valence-electron chi connectivity index (χ0n) is 25.2. The molecule has 0 aliphatic carbocycles. The molecule has 0 unspecified atom stereocenters. The molecule has 1 fully saturated rings. The minimum absolute atomic E-state index is 0.0536. The number of hydrogen-bond donors (Lipinski definition) is 4. The van der Waals surface area contributed by atoms with Gasteiger partial charge in [0.15, 0.2) is 0 Å². The number of nitrogens with zero attached hydrogens (tertiary/aromatic N) is 5. The zero-order valence-corrected chi connectivity index (χ0v) is 25.2. The number of carbonyl (C=O) groups is 2. The normalized spacial score (nSPS) is 13.5. The Bertz CT molecular complexity index is 1720. The molecule has 11 nitrogen and oxygen atoms in total. The summed E-state index contributed by atoms with van der Waals surface area (Å²) in [7, 11) is 2.08. The number of likely N-dealkylation sites (N-methyl/N-ethyl adjacent to an activating group) is 1. The van der Waals surface area contributed by atoms with Crippen molar-refractivity contribution >= 4 is 29.1 Å². The van der Waals surface area contributed by atoms with Gasteiger partial charge < -0.3 is 20.6 Å². The number of pyridine rings is 1. The van der Waals surface area contributed by atoms with E-state index in [0.717, 1.165) is 31.7 Å². The topological polar surface area (TPSA) is 128 Å². The first-order valence-electron chi connectivity index (χ1n) is 14.6. The number of aromatic nitrogens is 3. The van der Waals surface area contributed by atoms with E-state index in [4.69, 9.17) is 5.11 Å². The van der Waals surface area contributed by atoms with Gasteiger partial charge >= 0.3 is 6.03 Å². The van der Waals surface area contributed by atoms with Crippen LogP contribution in [0.4, 0.5) is 26.4 Å². The molecule has 5 rings (SSSR count). The third-order valence-corrected chi connectivity index (χ3v) is 7.37. The highest BCUT2D eigenvalue weighted by Gasteiger charge is 2.16. The lowest BCUT2D eigenvalue weighted by atomic mass is 10.0. The second-order valence-corrected chi connectivity index (χ2v) is 10.8. The van der Waals surface area contributed by atoms with E-state index in [-0.39, 0.29) is 18.3 Å². The summed E-state index contributed by atoms with van der Waals surface area (Å²) in [6.07, 6.45) is 4.63. The molecule has 0 radical (unpaired) electrons. The van der Waals surface area contributed by atoms with Gasteiger partial charge in [-0.3, -0.25) is 19.7 Å². The van der Waals surface area contributed by atoms with Gasteiger partial charge in [0.1, 0.15) is 11.6 Å². The number of nitrogens with one attached hydrogen (secondary N) is 3. The van der Waals surface area contributed by atoms with Gasteiger partial charge in [0.25, 0.3) is 5.91 Å². The Morgan fingerprint density at radius 1 is 0.956 bits per heavy atom. The molecule has 1 aliphatic rings. The van der Waals surface area contributed by atoms with E-state index in [1.165, 1.54) is 23.1 Å². The summed E-state index contributed by atoms with van der Waals surface area (Å²) >= 11 is 0. The fourth-order valence-corrected chi connectivity index (χ4v) is 4.71. The highest BCUT2D eigenvalue weighted by Crippen LogP contribution is 2.19. The van der Waals surface area contributed by atoms with E-state index >= 15 is 0 Å². The molecule has 3 amide bonds. The molecule has 0 spiro atoms. The summed E-state index contributed by atoms with van der Waals surface area (Å²) in [6.45, 7) is 6.43. The van der Waals surface area contributed by atoms with Crippen LogP contribution in [0.3, 0.4) is 0 Å². The van der Waals surface area contributed by atoms with Crippen molar-refractivity contribution in [1.82, 2.24) is 24.6 Å². The summed E-state index contributed by atoms with van der Waals surface area (Å²) in [6, 6.07) is 12.9. The van der Waals surface area contributed by atoms with Crippen molar-refractivity contribution in [2.75, 3.05) is 55.8 Å². The lowest BCUT2D eigenvalue weighted by Crippen LogP contribution is -2.44. The van der Waals surface area contributed by atoms with E-state index < -0.39 is 6.03 Å². The van der Waals surface area contributed by atoms with Crippen LogP contribution in [0.5, 0.6) is 0 Å². The van der Waals surface area contributed by atoms with E-state index in [1.54, 1.807) is 42.6 Å². The third kappa shape index (κ3) is 8.73. The molecule has 0 saturated carbocycles. The SMILES string of the molecule is Cc1ccc(C(=O)Nc2ccc(CN3CCN(C)CC3)c(F)c2)cc1C#Cc1ccc(NC(=O)Nc2cnn(CCO)c2)nc1. The van der Waals surface area contributed by atoms with Gasteiger partial charge in [-0.1, -0.05) is 24.0 Å². The Kier molecular flexibility index (Phi) is 10.2. The Labute approximate surface area is 261 Å². The van der Waals surface area contributed by atoms with Crippen LogP contribution in [0.1, 0.15) is 32.6 Å². The fraction of sp³-hybridized carbons (Fsp3) is 0.273. The molecule has 12 heteroatoms. The van der Waals surface area contributed by atoms with Gasteiger partial charge in [0.05, 0.1) is 25.0 Å². The lowest BCUT2D eigenvalue weighted by Gasteiger charge is -2.32. The van der Waals surface area contributed by atoms with Crippen molar-refractivity contribution in [2.24, 2.45) is 0 Å². The number of carbonyl (C=O) groups excluding carboxylic acids is 2. The number of aryl methyl sites for hydroxylation is 1. The molecule has 3 heterocycles. The maximum Gasteiger partial charge on any atom is 0.324 e. The van der Waals surface area contributed by atoms with Crippen LogP contribution in [-0.2, 0) is 13.1 Å². The average Bonchev–Trinajstić information content (AvgIpc) is 3.46. The first-order valence-corrected chi connectivity index (χ1v) is 14.6. The maximum atomic E-state index is 14.9. The van der Waals surface area contributed by atoms with Gasteiger partial charge in [-0.15, -0.1) is 0 Å². The number of halogens is 1. The molecule has 45 heavy (non-hydrogen) atoms. The number of anilines is 3. The lowest BCUT2D eigenvalue weighted by molar-refractivity contribution is 0.102. The smallest absolute Gasteiger partial charge is 0.324 e. The van der Waals surface area contributed by atoms with Crippen molar-refractivity contribution in [1.29, 1.82) is 0 Å². The largest absolute Gasteiger partial charge is 0.394 e. The second kappa shape index (κ2) is 14.6. The van der Waals surface area contributed by atoms with E-state index in [9.17, 15) is 14.0 Å². The number of urea groups is 1. The van der Waals surface area contributed by atoms with Crippen LogP contribution in [-0.4, -0.2) is 81.4 Å². The summed E-state index contributed by atoms with van der Waals surface area (Å²) in [5.41, 5.74) is 4.05. The van der Waals surface area contributed by atoms with Crippen molar-refractivity contribution in [2.45, 2.75) is 20.0 Å². The van der Waals surface area contributed by atoms with Gasteiger partial charge in [0.2, 0.25) is 0 Å². The van der Waals surface area contributed by atoms with Crippen LogP contribution in [0.25, 0.3) is 0 Å². The first kappa shape index (κ1) is 31.3. The Balaban J connectivity index is 1.17. The monoisotopic (exact) mass is 610 g/mol. The minimum atomic E-state index is -0.486. The Morgan fingerprint density at radius 3 is 2.51 bits per heavy atom. The standard InChI is InChI=1S/C33H35FN8O3/c1-23-3-6-26(32(44)37-28-9-8-27(30(34)18-28)21-41-13-11-40(2)12-14-41)17-25(23)7-4-24-5-10-31(35-19-24)39-33(45)38-29-20-36-42(22-29)15-16-43/h3,5-6,8-10,17-20,22,43H,11-16,21H2,1-2H3,(H,37,44)(H2,35,38,39,45). The van der Waals surface area contributed by atoms with Crippen LogP contribution in [0.2, 0.25) is 0 Å². The van der Waals surface area contributed by atoms with E-state index in [1.807, 2.05) is 13.0 Å². The number of aliphatic hydroxyl groups is 1. The Hall–Kier alpha value is -5.09. The minimum Gasteiger partial charge on any atom is -0.394 e. The summed E-state index contributed by atoms with van der Waals surface area (Å²) in [5.74, 6) is 5.76. The third-order valence-electron chi connectivity index (χ3n) is 7.37. The second-order valence-electron chi connectivity index (χ2n) is 10.8. The van der Waals surface area contributed by atoms with Gasteiger partial charge in [-0.25, -0.2) is 14.2 Å². The number of aliphatic hydroxyl groups excluding tert-OH is 1. The van der Waals surface area contributed by atoms with Crippen molar-refractivity contribution in [3.63, 3.8) is 0 Å². The first-order chi connectivity index (χ1) is 21.7. The molecular formula is C33H35FN8O3. The quantitative estimate of drug-likeness (QED) is 0.224. The highest BCUT2D eigenvalue weighted by molar-refractivity contribution is 6.04. The number of rotatable bonds is 8. The molecule has 4 N–H and O–H groups in total. The molecule has 0 atom stereocenters. The molecule has 2 aromatic carbocycles. The maximum absolute atomic E-state index is 14.9. The number of hydrogen-bond acceptors (Lipinski definition) is 7. The van der Waals surface area contributed by atoms with Crippen LogP contribution in [0, 0.1) is 24.6 Å². The predicted octanol–water partition coefficient (Wildman–Crippen LogP) is 3.76. The van der Waals surface area contributed by atoms with E-state index in [0.29, 0.717) is 52.5 Å². The molecule has 0 bridgehead atoms. The molecular weight excluding hydrogens is 575 g/mol. The van der Waals surface area contributed by atoms with Gasteiger partial charge in [-0.05, 0) is 55.9 Å². The number of piperazine rings is 1. The van der Waals surface area contributed by atoms with Crippen LogP contribution in [0.15, 0.2) is 67.1 Å². The molecule has 1 aliphatic heterocycles.